The second kappa shape index (κ2) is 9.45. The molecule has 2 amide bonds. The van der Waals surface area contributed by atoms with Crippen molar-refractivity contribution in [2.45, 2.75) is 45.2 Å². The molecule has 2 aromatic rings. The van der Waals surface area contributed by atoms with Gasteiger partial charge in [0.05, 0.1) is 18.4 Å². The number of ether oxygens (including phenoxy) is 2. The minimum absolute atomic E-state index is 0.0498. The molecule has 0 aliphatic carbocycles. The fraction of sp³-hybridized carbons (Fsp3) is 0.391. The predicted molar refractivity (Wildman–Crippen MR) is 113 cm³/mol. The molecule has 0 aromatic heterocycles. The number of hydrogen-bond acceptors (Lipinski definition) is 4. The third-order valence-corrected chi connectivity index (χ3v) is 5.29. The highest BCUT2D eigenvalue weighted by Crippen LogP contribution is 2.28. The molecule has 1 aliphatic heterocycles. The van der Waals surface area contributed by atoms with Crippen LogP contribution in [0.25, 0.3) is 0 Å². The Labute approximate surface area is 171 Å². The smallest absolute Gasteiger partial charge is 0.262 e. The molecule has 6 nitrogen and oxygen atoms in total. The molecule has 3 rings (SSSR count). The third kappa shape index (κ3) is 4.88. The summed E-state index contributed by atoms with van der Waals surface area (Å²) in [6, 6.07) is 14.6. The molecule has 2 atom stereocenters. The average molecular weight is 396 g/mol. The lowest BCUT2D eigenvalue weighted by Crippen LogP contribution is -2.47. The van der Waals surface area contributed by atoms with Crippen molar-refractivity contribution in [3.8, 4) is 11.5 Å². The lowest BCUT2D eigenvalue weighted by molar-refractivity contribution is -0.118. The highest BCUT2D eigenvalue weighted by Gasteiger charge is 2.30. The number of benzene rings is 2. The zero-order valence-electron chi connectivity index (χ0n) is 17.2. The quantitative estimate of drug-likeness (QED) is 0.798. The van der Waals surface area contributed by atoms with Crippen molar-refractivity contribution in [1.82, 2.24) is 4.90 Å². The Morgan fingerprint density at radius 2 is 1.62 bits per heavy atom. The number of anilines is 1. The Bertz CT molecular complexity index is 857. The van der Waals surface area contributed by atoms with Crippen LogP contribution in [0, 0.1) is 0 Å². The van der Waals surface area contributed by atoms with Crippen molar-refractivity contribution in [2.24, 2.45) is 0 Å². The number of para-hydroxylation sites is 3. The Morgan fingerprint density at radius 1 is 1.00 bits per heavy atom. The van der Waals surface area contributed by atoms with Gasteiger partial charge in [0.15, 0.2) is 18.1 Å². The van der Waals surface area contributed by atoms with Crippen molar-refractivity contribution >= 4 is 17.5 Å². The van der Waals surface area contributed by atoms with Gasteiger partial charge in [-0.05, 0) is 57.4 Å². The molecule has 0 radical (unpaired) electrons. The van der Waals surface area contributed by atoms with Gasteiger partial charge in [0.2, 0.25) is 0 Å². The van der Waals surface area contributed by atoms with Crippen LogP contribution in [0.3, 0.4) is 0 Å². The maximum atomic E-state index is 13.2. The second-order valence-corrected chi connectivity index (χ2v) is 7.37. The molecule has 0 bridgehead atoms. The van der Waals surface area contributed by atoms with E-state index in [1.165, 1.54) is 0 Å². The van der Waals surface area contributed by atoms with Crippen molar-refractivity contribution < 1.29 is 19.1 Å². The number of rotatable bonds is 6. The van der Waals surface area contributed by atoms with Gasteiger partial charge in [-0.2, -0.15) is 0 Å². The van der Waals surface area contributed by atoms with E-state index in [2.05, 4.69) is 19.2 Å². The summed E-state index contributed by atoms with van der Waals surface area (Å²) in [5.41, 5.74) is 0.995. The van der Waals surface area contributed by atoms with Crippen molar-refractivity contribution in [3.63, 3.8) is 0 Å². The molecular weight excluding hydrogens is 368 g/mol. The van der Waals surface area contributed by atoms with Crippen LogP contribution >= 0.6 is 0 Å². The van der Waals surface area contributed by atoms with Crippen LogP contribution in [0.15, 0.2) is 48.5 Å². The summed E-state index contributed by atoms with van der Waals surface area (Å²) in [6.07, 6.45) is 3.12. The van der Waals surface area contributed by atoms with Crippen molar-refractivity contribution in [2.75, 3.05) is 19.0 Å². The minimum atomic E-state index is -0.337. The molecule has 2 aromatic carbocycles. The van der Waals surface area contributed by atoms with E-state index >= 15 is 0 Å². The first-order valence-corrected chi connectivity index (χ1v) is 9.98. The lowest BCUT2D eigenvalue weighted by Gasteiger charge is -2.39. The number of nitrogens with zero attached hydrogens (tertiary/aromatic N) is 1. The minimum Gasteiger partial charge on any atom is -0.493 e. The number of hydrogen-bond donors (Lipinski definition) is 1. The van der Waals surface area contributed by atoms with E-state index in [1.54, 1.807) is 37.4 Å². The number of nitrogens with one attached hydrogen (secondary N) is 1. The van der Waals surface area contributed by atoms with Gasteiger partial charge in [-0.3, -0.25) is 9.59 Å². The molecule has 1 heterocycles. The van der Waals surface area contributed by atoms with Gasteiger partial charge in [0.1, 0.15) is 0 Å². The summed E-state index contributed by atoms with van der Waals surface area (Å²) < 4.78 is 10.8. The number of likely N-dealkylation sites (tertiary alicyclic amines) is 1. The molecule has 1 aliphatic rings. The number of methoxy groups -OCH3 is 1. The van der Waals surface area contributed by atoms with Crippen LogP contribution in [0.2, 0.25) is 0 Å². The molecular formula is C23H28N2O4. The van der Waals surface area contributed by atoms with E-state index < -0.39 is 0 Å². The molecule has 1 fully saturated rings. The standard InChI is InChI=1S/C23H28N2O4/c1-16-9-8-10-17(2)25(16)23(27)18-11-4-5-12-19(18)24-22(26)15-29-21-14-7-6-13-20(21)28-3/h4-7,11-14,16-17H,8-10,15H2,1-3H3,(H,24,26)/t16-,17-/m1/s1. The van der Waals surface area contributed by atoms with Gasteiger partial charge in [-0.25, -0.2) is 0 Å². The van der Waals surface area contributed by atoms with Gasteiger partial charge in [-0.15, -0.1) is 0 Å². The van der Waals surface area contributed by atoms with Crippen molar-refractivity contribution in [1.29, 1.82) is 0 Å². The highest BCUT2D eigenvalue weighted by atomic mass is 16.5. The zero-order chi connectivity index (χ0) is 20.8. The molecule has 1 saturated heterocycles. The predicted octanol–water partition coefficient (Wildman–Crippen LogP) is 4.12. The van der Waals surface area contributed by atoms with Gasteiger partial charge in [0.25, 0.3) is 11.8 Å². The van der Waals surface area contributed by atoms with Crippen molar-refractivity contribution in [3.05, 3.63) is 54.1 Å². The van der Waals surface area contributed by atoms with Gasteiger partial charge in [0, 0.05) is 12.1 Å². The SMILES string of the molecule is COc1ccccc1OCC(=O)Nc1ccccc1C(=O)N1[C@H](C)CCC[C@H]1C. The first-order valence-electron chi connectivity index (χ1n) is 9.98. The van der Waals surface area contributed by atoms with Gasteiger partial charge < -0.3 is 19.7 Å². The van der Waals surface area contributed by atoms with E-state index in [0.717, 1.165) is 19.3 Å². The fourth-order valence-electron chi connectivity index (χ4n) is 3.81. The number of piperidine rings is 1. The first-order chi connectivity index (χ1) is 14.0. The Balaban J connectivity index is 1.70. The van der Waals surface area contributed by atoms with E-state index in [4.69, 9.17) is 9.47 Å². The van der Waals surface area contributed by atoms with Crippen LogP contribution in [0.5, 0.6) is 11.5 Å². The lowest BCUT2D eigenvalue weighted by atomic mass is 9.96. The van der Waals surface area contributed by atoms with Crippen LogP contribution < -0.4 is 14.8 Å². The largest absolute Gasteiger partial charge is 0.493 e. The van der Waals surface area contributed by atoms with Crippen LogP contribution in [-0.4, -0.2) is 42.5 Å². The van der Waals surface area contributed by atoms with Crippen LogP contribution in [-0.2, 0) is 4.79 Å². The summed E-state index contributed by atoms with van der Waals surface area (Å²) in [6.45, 7) is 3.98. The molecule has 1 N–H and O–H groups in total. The summed E-state index contributed by atoms with van der Waals surface area (Å²) in [7, 11) is 1.55. The monoisotopic (exact) mass is 396 g/mol. The van der Waals surface area contributed by atoms with Gasteiger partial charge >= 0.3 is 0 Å². The van der Waals surface area contributed by atoms with E-state index in [1.807, 2.05) is 23.1 Å². The Hall–Kier alpha value is -3.02. The topological polar surface area (TPSA) is 67.9 Å². The molecule has 154 valence electrons. The summed E-state index contributed by atoms with van der Waals surface area (Å²) in [5.74, 6) is 0.663. The number of carbonyl (C=O) groups excluding carboxylic acids is 2. The molecule has 29 heavy (non-hydrogen) atoms. The summed E-state index contributed by atoms with van der Waals surface area (Å²) in [5, 5.41) is 2.82. The third-order valence-electron chi connectivity index (χ3n) is 5.29. The van der Waals surface area contributed by atoms with Crippen LogP contribution in [0.1, 0.15) is 43.5 Å². The molecule has 0 saturated carbocycles. The maximum absolute atomic E-state index is 13.2. The van der Waals surface area contributed by atoms with Gasteiger partial charge in [-0.1, -0.05) is 24.3 Å². The fourth-order valence-corrected chi connectivity index (χ4v) is 3.81. The van der Waals surface area contributed by atoms with E-state index in [-0.39, 0.29) is 30.5 Å². The highest BCUT2D eigenvalue weighted by molar-refractivity contribution is 6.04. The number of amides is 2. The maximum Gasteiger partial charge on any atom is 0.262 e. The molecule has 0 unspecified atom stereocenters. The van der Waals surface area contributed by atoms with E-state index in [0.29, 0.717) is 22.7 Å². The zero-order valence-corrected chi connectivity index (χ0v) is 17.2. The van der Waals surface area contributed by atoms with E-state index in [9.17, 15) is 9.59 Å². The normalized spacial score (nSPS) is 18.8. The first kappa shape index (κ1) is 20.7. The number of carbonyl (C=O) groups is 2. The second-order valence-electron chi connectivity index (χ2n) is 7.37. The summed E-state index contributed by atoms with van der Waals surface area (Å²) in [4.78, 5) is 27.6. The summed E-state index contributed by atoms with van der Waals surface area (Å²) >= 11 is 0. The Morgan fingerprint density at radius 3 is 2.31 bits per heavy atom. The average Bonchev–Trinajstić information content (AvgIpc) is 2.72. The molecule has 0 spiro atoms. The van der Waals surface area contributed by atoms with Crippen LogP contribution in [0.4, 0.5) is 5.69 Å². The molecule has 6 heteroatoms. The Kier molecular flexibility index (Phi) is 6.75.